The predicted molar refractivity (Wildman–Crippen MR) is 121 cm³/mol. The fraction of sp³-hybridized carbons (Fsp3) is 0.417. The molecule has 0 saturated carbocycles. The van der Waals surface area contributed by atoms with Crippen molar-refractivity contribution in [2.24, 2.45) is 11.8 Å². The number of methoxy groups -OCH3 is 1. The van der Waals surface area contributed by atoms with Gasteiger partial charge in [-0.15, -0.1) is 0 Å². The third kappa shape index (κ3) is 5.42. The van der Waals surface area contributed by atoms with Gasteiger partial charge in [-0.3, -0.25) is 9.59 Å². The summed E-state index contributed by atoms with van der Waals surface area (Å²) < 4.78 is 6.18. The van der Waals surface area contributed by atoms with Gasteiger partial charge >= 0.3 is 0 Å². The molecule has 1 aliphatic rings. The van der Waals surface area contributed by atoms with E-state index < -0.39 is 0 Å². The fourth-order valence-corrected chi connectivity index (χ4v) is 4.10. The predicted octanol–water partition coefficient (Wildman–Crippen LogP) is 4.82. The molecular formula is C24H29BrN2O3. The van der Waals surface area contributed by atoms with Crippen molar-refractivity contribution in [2.75, 3.05) is 20.2 Å². The van der Waals surface area contributed by atoms with E-state index in [-0.39, 0.29) is 29.7 Å². The smallest absolute Gasteiger partial charge is 0.253 e. The molecule has 0 aliphatic carbocycles. The third-order valence-corrected chi connectivity index (χ3v) is 6.21. The molecule has 1 aliphatic heterocycles. The van der Waals surface area contributed by atoms with Gasteiger partial charge in [0.15, 0.2) is 0 Å². The molecule has 0 spiro atoms. The van der Waals surface area contributed by atoms with E-state index >= 15 is 0 Å². The monoisotopic (exact) mass is 472 g/mol. The number of benzene rings is 2. The van der Waals surface area contributed by atoms with Crippen LogP contribution >= 0.6 is 15.9 Å². The molecule has 1 N–H and O–H groups in total. The van der Waals surface area contributed by atoms with Crippen LogP contribution in [0.3, 0.4) is 0 Å². The first-order valence-electron chi connectivity index (χ1n) is 10.4. The number of hydrogen-bond acceptors (Lipinski definition) is 3. The molecule has 5 nitrogen and oxygen atoms in total. The van der Waals surface area contributed by atoms with Crippen LogP contribution in [0.1, 0.15) is 48.7 Å². The van der Waals surface area contributed by atoms with Crippen LogP contribution in [0.25, 0.3) is 0 Å². The molecule has 2 amide bonds. The highest BCUT2D eigenvalue weighted by Crippen LogP contribution is 2.26. The lowest BCUT2D eigenvalue weighted by molar-refractivity contribution is -0.127. The number of nitrogens with one attached hydrogen (secondary N) is 1. The minimum atomic E-state index is -0.0709. The summed E-state index contributed by atoms with van der Waals surface area (Å²) in [6.07, 6.45) is 1.36. The molecule has 1 saturated heterocycles. The maximum atomic E-state index is 12.9. The number of carbonyl (C=O) groups excluding carboxylic acids is 2. The molecular weight excluding hydrogens is 444 g/mol. The molecule has 1 heterocycles. The Labute approximate surface area is 186 Å². The number of nitrogens with zero attached hydrogens (tertiary/aromatic N) is 1. The zero-order valence-electron chi connectivity index (χ0n) is 17.7. The second kappa shape index (κ2) is 10.1. The molecule has 2 aromatic carbocycles. The Bertz CT molecular complexity index is 857. The van der Waals surface area contributed by atoms with E-state index in [0.29, 0.717) is 31.5 Å². The molecule has 3 rings (SSSR count). The lowest BCUT2D eigenvalue weighted by Gasteiger charge is -2.33. The lowest BCUT2D eigenvalue weighted by Crippen LogP contribution is -2.44. The van der Waals surface area contributed by atoms with Gasteiger partial charge in [0.05, 0.1) is 13.2 Å². The van der Waals surface area contributed by atoms with Gasteiger partial charge < -0.3 is 15.0 Å². The zero-order chi connectivity index (χ0) is 21.7. The lowest BCUT2D eigenvalue weighted by atomic mass is 9.92. The Balaban J connectivity index is 1.58. The largest absolute Gasteiger partial charge is 0.497 e. The van der Waals surface area contributed by atoms with Crippen LogP contribution in [0.5, 0.6) is 5.75 Å². The number of rotatable bonds is 6. The van der Waals surface area contributed by atoms with Gasteiger partial charge in [0.2, 0.25) is 5.91 Å². The average molecular weight is 473 g/mol. The molecule has 1 fully saturated rings. The highest BCUT2D eigenvalue weighted by atomic mass is 79.9. The first-order chi connectivity index (χ1) is 14.4. The van der Waals surface area contributed by atoms with E-state index in [9.17, 15) is 9.59 Å². The third-order valence-electron chi connectivity index (χ3n) is 5.68. The van der Waals surface area contributed by atoms with Crippen LogP contribution in [-0.4, -0.2) is 36.9 Å². The number of hydrogen-bond donors (Lipinski definition) is 1. The minimum Gasteiger partial charge on any atom is -0.497 e. The normalized spacial score (nSPS) is 15.7. The van der Waals surface area contributed by atoms with Crippen LogP contribution in [0.2, 0.25) is 0 Å². The van der Waals surface area contributed by atoms with Crippen LogP contribution in [-0.2, 0) is 4.79 Å². The highest BCUT2D eigenvalue weighted by Gasteiger charge is 2.29. The second-order valence-electron chi connectivity index (χ2n) is 8.08. The van der Waals surface area contributed by atoms with E-state index in [4.69, 9.17) is 4.74 Å². The molecule has 0 aromatic heterocycles. The van der Waals surface area contributed by atoms with Crippen LogP contribution in [0.4, 0.5) is 0 Å². The summed E-state index contributed by atoms with van der Waals surface area (Å²) in [5, 5.41) is 3.23. The highest BCUT2D eigenvalue weighted by molar-refractivity contribution is 9.10. The molecule has 1 atom stereocenters. The molecule has 30 heavy (non-hydrogen) atoms. The Morgan fingerprint density at radius 1 is 1.03 bits per heavy atom. The molecule has 160 valence electrons. The van der Waals surface area contributed by atoms with Crippen molar-refractivity contribution in [1.29, 1.82) is 0 Å². The van der Waals surface area contributed by atoms with Gasteiger partial charge in [0, 0.05) is 29.0 Å². The SMILES string of the molecule is COc1ccc(C(NC(=O)C2CCN(C(=O)c3ccc(Br)cc3)CC2)C(C)C)cc1. The molecule has 6 heteroatoms. The van der Waals surface area contributed by atoms with Gasteiger partial charge in [-0.25, -0.2) is 0 Å². The molecule has 0 radical (unpaired) electrons. The Morgan fingerprint density at radius 2 is 1.63 bits per heavy atom. The number of carbonyl (C=O) groups is 2. The van der Waals surface area contributed by atoms with Gasteiger partial charge in [-0.2, -0.15) is 0 Å². The van der Waals surface area contributed by atoms with Crippen molar-refractivity contribution < 1.29 is 14.3 Å². The van der Waals surface area contributed by atoms with Gasteiger partial charge in [-0.1, -0.05) is 41.9 Å². The molecule has 1 unspecified atom stereocenters. The summed E-state index contributed by atoms with van der Waals surface area (Å²) in [5.41, 5.74) is 1.75. The van der Waals surface area contributed by atoms with Gasteiger partial charge in [0.25, 0.3) is 5.91 Å². The summed E-state index contributed by atoms with van der Waals surface area (Å²) in [6.45, 7) is 5.41. The van der Waals surface area contributed by atoms with Gasteiger partial charge in [0.1, 0.15) is 5.75 Å². The number of piperidine rings is 1. The van der Waals surface area contributed by atoms with Crippen molar-refractivity contribution >= 4 is 27.7 Å². The summed E-state index contributed by atoms with van der Waals surface area (Å²) in [6, 6.07) is 15.2. The Hall–Kier alpha value is -2.34. The van der Waals surface area contributed by atoms with Crippen LogP contribution < -0.4 is 10.1 Å². The Morgan fingerprint density at radius 3 is 2.17 bits per heavy atom. The van der Waals surface area contributed by atoms with Crippen molar-refractivity contribution in [3.63, 3.8) is 0 Å². The summed E-state index contributed by atoms with van der Waals surface area (Å²) in [4.78, 5) is 27.5. The van der Waals surface area contributed by atoms with E-state index in [1.165, 1.54) is 0 Å². The number of ether oxygens (including phenoxy) is 1. The van der Waals surface area contributed by atoms with E-state index in [2.05, 4.69) is 35.1 Å². The quantitative estimate of drug-likeness (QED) is 0.655. The first kappa shape index (κ1) is 22.3. The number of amides is 2. The van der Waals surface area contributed by atoms with E-state index in [0.717, 1.165) is 15.8 Å². The van der Waals surface area contributed by atoms with Crippen molar-refractivity contribution in [1.82, 2.24) is 10.2 Å². The maximum absolute atomic E-state index is 12.9. The topological polar surface area (TPSA) is 58.6 Å². The summed E-state index contributed by atoms with van der Waals surface area (Å²) in [7, 11) is 1.64. The van der Waals surface area contributed by atoms with Crippen LogP contribution in [0.15, 0.2) is 53.0 Å². The summed E-state index contributed by atoms with van der Waals surface area (Å²) >= 11 is 3.39. The standard InChI is InChI=1S/C24H29BrN2O3/c1-16(2)22(17-6-10-21(30-3)11-7-17)26-23(28)18-12-14-27(15-13-18)24(29)19-4-8-20(25)9-5-19/h4-11,16,18,22H,12-15H2,1-3H3,(H,26,28). The molecule has 2 aromatic rings. The fourth-order valence-electron chi connectivity index (χ4n) is 3.84. The molecule has 0 bridgehead atoms. The average Bonchev–Trinajstić information content (AvgIpc) is 2.77. The van der Waals surface area contributed by atoms with E-state index in [1.54, 1.807) is 7.11 Å². The zero-order valence-corrected chi connectivity index (χ0v) is 19.3. The minimum absolute atomic E-state index is 0.0275. The number of halogens is 1. The second-order valence-corrected chi connectivity index (χ2v) is 8.99. The van der Waals surface area contributed by atoms with Crippen LogP contribution in [0, 0.1) is 11.8 Å². The summed E-state index contributed by atoms with van der Waals surface area (Å²) in [5.74, 6) is 1.09. The first-order valence-corrected chi connectivity index (χ1v) is 11.2. The van der Waals surface area contributed by atoms with Crippen molar-refractivity contribution in [2.45, 2.75) is 32.7 Å². The van der Waals surface area contributed by atoms with Gasteiger partial charge in [-0.05, 0) is 60.7 Å². The van der Waals surface area contributed by atoms with E-state index in [1.807, 2.05) is 53.4 Å². The maximum Gasteiger partial charge on any atom is 0.253 e. The van der Waals surface area contributed by atoms with Crippen molar-refractivity contribution in [3.05, 3.63) is 64.1 Å². The van der Waals surface area contributed by atoms with Crippen molar-refractivity contribution in [3.8, 4) is 5.75 Å². The number of likely N-dealkylation sites (tertiary alicyclic amines) is 1. The Kier molecular flexibility index (Phi) is 7.53.